The number of amides is 4. The topological polar surface area (TPSA) is 91.0 Å². The molecule has 0 aromatic heterocycles. The lowest BCUT2D eigenvalue weighted by Crippen LogP contribution is -2.50. The van der Waals surface area contributed by atoms with Gasteiger partial charge in [-0.25, -0.2) is 4.79 Å². The Kier molecular flexibility index (Phi) is 6.34. The number of urea groups is 1. The first-order valence-corrected chi connectivity index (χ1v) is 10.9. The van der Waals surface area contributed by atoms with E-state index in [1.54, 1.807) is 6.07 Å². The van der Waals surface area contributed by atoms with E-state index in [-0.39, 0.29) is 24.3 Å². The third kappa shape index (κ3) is 4.65. The van der Waals surface area contributed by atoms with Gasteiger partial charge in [-0.05, 0) is 63.4 Å². The molecule has 3 aliphatic heterocycles. The predicted octanol–water partition coefficient (Wildman–Crippen LogP) is 1.81. The van der Waals surface area contributed by atoms with Gasteiger partial charge in [-0.1, -0.05) is 6.07 Å². The standard InChI is InChI=1S/C22H30N4O4/c1-15-2-3-16(14-19(15)26-13-8-20(27)24-22(26)29)21(28)25-11-6-18(7-12-25)30-17-4-9-23-10-5-17/h2-3,14,17-18,23H,4-13H2,1H3,(H,24,27,29). The number of ether oxygens (including phenoxy) is 1. The molecule has 0 radical (unpaired) electrons. The molecule has 0 spiro atoms. The Balaban J connectivity index is 1.38. The molecule has 4 amide bonds. The molecular formula is C22H30N4O4. The number of hydrogen-bond acceptors (Lipinski definition) is 5. The fraction of sp³-hybridized carbons (Fsp3) is 0.591. The maximum atomic E-state index is 13.1. The van der Waals surface area contributed by atoms with Crippen LogP contribution < -0.4 is 15.5 Å². The van der Waals surface area contributed by atoms with E-state index in [9.17, 15) is 14.4 Å². The van der Waals surface area contributed by atoms with E-state index >= 15 is 0 Å². The number of imide groups is 1. The van der Waals surface area contributed by atoms with Crippen LogP contribution in [0.15, 0.2) is 18.2 Å². The monoisotopic (exact) mass is 414 g/mol. The van der Waals surface area contributed by atoms with Crippen molar-refractivity contribution in [2.75, 3.05) is 37.6 Å². The molecular weight excluding hydrogens is 384 g/mol. The molecule has 1 aromatic carbocycles. The van der Waals surface area contributed by atoms with Crippen molar-refractivity contribution in [3.05, 3.63) is 29.3 Å². The van der Waals surface area contributed by atoms with Crippen molar-refractivity contribution in [2.45, 2.75) is 51.2 Å². The van der Waals surface area contributed by atoms with Gasteiger partial charge in [-0.3, -0.25) is 19.8 Å². The van der Waals surface area contributed by atoms with E-state index in [1.165, 1.54) is 4.90 Å². The number of likely N-dealkylation sites (tertiary alicyclic amines) is 1. The van der Waals surface area contributed by atoms with Crippen molar-refractivity contribution in [1.82, 2.24) is 15.5 Å². The number of nitrogens with zero attached hydrogens (tertiary/aromatic N) is 2. The Labute approximate surface area is 176 Å². The molecule has 3 heterocycles. The van der Waals surface area contributed by atoms with Crippen LogP contribution in [0.2, 0.25) is 0 Å². The number of anilines is 1. The highest BCUT2D eigenvalue weighted by molar-refractivity contribution is 6.06. The van der Waals surface area contributed by atoms with Gasteiger partial charge < -0.3 is 15.0 Å². The number of rotatable bonds is 4. The van der Waals surface area contributed by atoms with E-state index in [2.05, 4.69) is 10.6 Å². The van der Waals surface area contributed by atoms with Crippen molar-refractivity contribution in [3.8, 4) is 0 Å². The van der Waals surface area contributed by atoms with Gasteiger partial charge in [0.2, 0.25) is 5.91 Å². The van der Waals surface area contributed by atoms with Crippen molar-refractivity contribution in [3.63, 3.8) is 0 Å². The average Bonchev–Trinajstić information content (AvgIpc) is 2.75. The molecule has 0 unspecified atom stereocenters. The summed E-state index contributed by atoms with van der Waals surface area (Å²) < 4.78 is 6.24. The van der Waals surface area contributed by atoms with Crippen LogP contribution in [0, 0.1) is 6.92 Å². The Bertz CT molecular complexity index is 813. The number of piperidine rings is 2. The molecule has 2 N–H and O–H groups in total. The van der Waals surface area contributed by atoms with Crippen molar-refractivity contribution >= 4 is 23.5 Å². The molecule has 162 valence electrons. The maximum absolute atomic E-state index is 13.1. The number of benzene rings is 1. The van der Waals surface area contributed by atoms with Gasteiger partial charge in [0.25, 0.3) is 5.91 Å². The molecule has 8 heteroatoms. The Morgan fingerprint density at radius 3 is 2.43 bits per heavy atom. The second-order valence-corrected chi connectivity index (χ2v) is 8.33. The minimum absolute atomic E-state index is 0.0231. The molecule has 0 aliphatic carbocycles. The van der Waals surface area contributed by atoms with Crippen LogP contribution in [0.5, 0.6) is 0 Å². The van der Waals surface area contributed by atoms with E-state index < -0.39 is 6.03 Å². The third-order valence-electron chi connectivity index (χ3n) is 6.20. The second kappa shape index (κ2) is 9.14. The van der Waals surface area contributed by atoms with Gasteiger partial charge in [0, 0.05) is 37.3 Å². The van der Waals surface area contributed by atoms with Crippen LogP contribution in [-0.4, -0.2) is 67.7 Å². The van der Waals surface area contributed by atoms with Crippen LogP contribution in [-0.2, 0) is 9.53 Å². The van der Waals surface area contributed by atoms with Crippen molar-refractivity contribution < 1.29 is 19.1 Å². The van der Waals surface area contributed by atoms with E-state index in [0.29, 0.717) is 37.0 Å². The number of hydrogen-bond donors (Lipinski definition) is 2. The van der Waals surface area contributed by atoms with Crippen LogP contribution in [0.25, 0.3) is 0 Å². The van der Waals surface area contributed by atoms with Crippen LogP contribution in [0.4, 0.5) is 10.5 Å². The lowest BCUT2D eigenvalue weighted by molar-refractivity contribution is -0.120. The van der Waals surface area contributed by atoms with Gasteiger partial charge in [0.05, 0.1) is 12.2 Å². The fourth-order valence-electron chi connectivity index (χ4n) is 4.41. The Morgan fingerprint density at radius 2 is 1.73 bits per heavy atom. The molecule has 8 nitrogen and oxygen atoms in total. The summed E-state index contributed by atoms with van der Waals surface area (Å²) in [5.41, 5.74) is 2.14. The molecule has 0 atom stereocenters. The Morgan fingerprint density at radius 1 is 1.03 bits per heavy atom. The third-order valence-corrected chi connectivity index (χ3v) is 6.20. The lowest BCUT2D eigenvalue weighted by atomic mass is 10.0. The summed E-state index contributed by atoms with van der Waals surface area (Å²) in [5.74, 6) is -0.291. The summed E-state index contributed by atoms with van der Waals surface area (Å²) in [4.78, 5) is 40.1. The number of carbonyl (C=O) groups excluding carboxylic acids is 3. The van der Waals surface area contributed by atoms with Gasteiger partial charge >= 0.3 is 6.03 Å². The largest absolute Gasteiger partial charge is 0.375 e. The average molecular weight is 415 g/mol. The first-order chi connectivity index (χ1) is 14.5. The van der Waals surface area contributed by atoms with Crippen LogP contribution >= 0.6 is 0 Å². The zero-order chi connectivity index (χ0) is 21.1. The van der Waals surface area contributed by atoms with Gasteiger partial charge in [0.15, 0.2) is 0 Å². The quantitative estimate of drug-likeness (QED) is 0.784. The zero-order valence-electron chi connectivity index (χ0n) is 17.5. The molecule has 3 aliphatic rings. The minimum Gasteiger partial charge on any atom is -0.375 e. The van der Waals surface area contributed by atoms with E-state index in [0.717, 1.165) is 44.3 Å². The summed E-state index contributed by atoms with van der Waals surface area (Å²) >= 11 is 0. The summed E-state index contributed by atoms with van der Waals surface area (Å²) in [6.45, 7) is 5.61. The summed E-state index contributed by atoms with van der Waals surface area (Å²) in [5, 5.41) is 5.69. The fourth-order valence-corrected chi connectivity index (χ4v) is 4.41. The first-order valence-electron chi connectivity index (χ1n) is 10.9. The summed E-state index contributed by atoms with van der Waals surface area (Å²) in [7, 11) is 0. The smallest absolute Gasteiger partial charge is 0.328 e. The van der Waals surface area contributed by atoms with Crippen molar-refractivity contribution in [1.29, 1.82) is 0 Å². The highest BCUT2D eigenvalue weighted by Crippen LogP contribution is 2.26. The number of aryl methyl sites for hydroxylation is 1. The zero-order valence-corrected chi connectivity index (χ0v) is 17.5. The summed E-state index contributed by atoms with van der Waals surface area (Å²) in [6, 6.07) is 5.00. The highest BCUT2D eigenvalue weighted by Gasteiger charge is 2.29. The van der Waals surface area contributed by atoms with Crippen LogP contribution in [0.3, 0.4) is 0 Å². The van der Waals surface area contributed by atoms with Gasteiger partial charge in [-0.2, -0.15) is 0 Å². The molecule has 30 heavy (non-hydrogen) atoms. The highest BCUT2D eigenvalue weighted by atomic mass is 16.5. The van der Waals surface area contributed by atoms with Gasteiger partial charge in [0.1, 0.15) is 0 Å². The number of nitrogens with one attached hydrogen (secondary N) is 2. The second-order valence-electron chi connectivity index (χ2n) is 8.33. The molecule has 0 bridgehead atoms. The first kappa shape index (κ1) is 20.8. The SMILES string of the molecule is Cc1ccc(C(=O)N2CCC(OC3CCNCC3)CC2)cc1N1CCC(=O)NC1=O. The number of carbonyl (C=O) groups is 3. The van der Waals surface area contributed by atoms with Crippen LogP contribution in [0.1, 0.15) is 48.0 Å². The molecule has 1 aromatic rings. The molecule has 3 saturated heterocycles. The maximum Gasteiger partial charge on any atom is 0.328 e. The van der Waals surface area contributed by atoms with E-state index in [1.807, 2.05) is 24.0 Å². The lowest BCUT2D eigenvalue weighted by Gasteiger charge is -2.35. The normalized spacial score (nSPS) is 21.6. The Hall–Kier alpha value is -2.45. The van der Waals surface area contributed by atoms with Crippen molar-refractivity contribution in [2.24, 2.45) is 0 Å². The molecule has 0 saturated carbocycles. The van der Waals surface area contributed by atoms with E-state index in [4.69, 9.17) is 4.74 Å². The summed E-state index contributed by atoms with van der Waals surface area (Å²) in [6.07, 6.45) is 4.63. The molecule has 4 rings (SSSR count). The predicted molar refractivity (Wildman–Crippen MR) is 113 cm³/mol. The van der Waals surface area contributed by atoms with Gasteiger partial charge in [-0.15, -0.1) is 0 Å². The molecule has 3 fully saturated rings. The minimum atomic E-state index is -0.435.